The van der Waals surface area contributed by atoms with Crippen LogP contribution in [0.25, 0.3) is 0 Å². The highest BCUT2D eigenvalue weighted by Gasteiger charge is 2.11. The monoisotopic (exact) mass is 224 g/mol. The van der Waals surface area contributed by atoms with E-state index in [9.17, 15) is 4.79 Å². The average molecular weight is 225 g/mol. The maximum Gasteiger partial charge on any atom is 0.155 e. The topological polar surface area (TPSA) is 17.1 Å². The minimum absolute atomic E-state index is 0.562. The third-order valence-corrected chi connectivity index (χ3v) is 4.39. The molecule has 1 aliphatic heterocycles. The Hall–Kier alpha value is -0.990. The van der Waals surface area contributed by atoms with Crippen LogP contribution in [0.15, 0.2) is 51.6 Å². The van der Waals surface area contributed by atoms with E-state index in [0.717, 1.165) is 21.1 Å². The van der Waals surface area contributed by atoms with Gasteiger partial charge >= 0.3 is 0 Å². The molecular formula is C11H9ClOS. The Labute approximate surface area is 90.4 Å². The number of rotatable bonds is 2. The second-order valence-electron chi connectivity index (χ2n) is 2.90. The molecule has 3 heteroatoms. The Kier molecular flexibility index (Phi) is 2.75. The summed E-state index contributed by atoms with van der Waals surface area (Å²) in [6.07, 6.45) is 4.73. The van der Waals surface area contributed by atoms with Crippen LogP contribution in [0.2, 0.25) is 5.02 Å². The second-order valence-corrected chi connectivity index (χ2v) is 5.40. The van der Waals surface area contributed by atoms with Gasteiger partial charge in [-0.15, -0.1) is 0 Å². The molecule has 0 bridgehead atoms. The van der Waals surface area contributed by atoms with Crippen LogP contribution in [-0.4, -0.2) is 6.29 Å². The largest absolute Gasteiger partial charge is 0.297 e. The Bertz CT molecular complexity index is 406. The number of halogens is 1. The molecule has 1 aromatic rings. The third kappa shape index (κ3) is 1.76. The Morgan fingerprint density at radius 1 is 1.21 bits per heavy atom. The van der Waals surface area contributed by atoms with Gasteiger partial charge in [-0.2, -0.15) is 10.9 Å². The van der Waals surface area contributed by atoms with Gasteiger partial charge in [-0.3, -0.25) is 4.79 Å². The van der Waals surface area contributed by atoms with E-state index < -0.39 is 10.9 Å². The van der Waals surface area contributed by atoms with Crippen LogP contribution in [-0.2, 0) is 4.79 Å². The highest BCUT2D eigenvalue weighted by Crippen LogP contribution is 2.47. The van der Waals surface area contributed by atoms with Crippen LogP contribution in [0.3, 0.4) is 0 Å². The number of thiol groups is 1. The van der Waals surface area contributed by atoms with E-state index in [0.29, 0.717) is 0 Å². The van der Waals surface area contributed by atoms with Gasteiger partial charge in [0.25, 0.3) is 0 Å². The van der Waals surface area contributed by atoms with E-state index in [4.69, 9.17) is 11.6 Å². The summed E-state index contributed by atoms with van der Waals surface area (Å²) in [4.78, 5) is 12.8. The molecule has 0 saturated carbocycles. The number of aldehydes is 1. The molecule has 2 rings (SSSR count). The fourth-order valence-corrected chi connectivity index (χ4v) is 3.18. The van der Waals surface area contributed by atoms with Crippen molar-refractivity contribution in [3.63, 3.8) is 0 Å². The summed E-state index contributed by atoms with van der Waals surface area (Å²) in [6, 6.07) is 7.66. The highest BCUT2D eigenvalue weighted by molar-refractivity contribution is 8.23. The van der Waals surface area contributed by atoms with Crippen LogP contribution >= 0.6 is 22.5 Å². The van der Waals surface area contributed by atoms with Crippen LogP contribution < -0.4 is 0 Å². The maximum absolute atomic E-state index is 10.7. The van der Waals surface area contributed by atoms with Gasteiger partial charge in [0.2, 0.25) is 0 Å². The number of allylic oxidation sites excluding steroid dienone is 3. The summed E-state index contributed by atoms with van der Waals surface area (Å²) in [7, 11) is -0.562. The molecule has 0 fully saturated rings. The molecule has 1 unspecified atom stereocenters. The van der Waals surface area contributed by atoms with Crippen LogP contribution in [0.5, 0.6) is 0 Å². The minimum Gasteiger partial charge on any atom is -0.297 e. The lowest BCUT2D eigenvalue weighted by Crippen LogP contribution is -1.83. The van der Waals surface area contributed by atoms with Crippen molar-refractivity contribution in [3.8, 4) is 0 Å². The van der Waals surface area contributed by atoms with E-state index in [2.05, 4.69) is 5.41 Å². The van der Waals surface area contributed by atoms with Gasteiger partial charge in [0.05, 0.1) is 0 Å². The van der Waals surface area contributed by atoms with Crippen molar-refractivity contribution in [2.24, 2.45) is 0 Å². The molecule has 0 radical (unpaired) electrons. The predicted octanol–water partition coefficient (Wildman–Crippen LogP) is 3.31. The first-order valence-electron chi connectivity index (χ1n) is 4.20. The zero-order valence-electron chi connectivity index (χ0n) is 7.35. The van der Waals surface area contributed by atoms with Crippen molar-refractivity contribution in [1.29, 1.82) is 0 Å². The SMILES string of the molecule is O=CC1=CC=C[SH]1c1ccc(Cl)cc1. The second kappa shape index (κ2) is 4.03. The van der Waals surface area contributed by atoms with Crippen LogP contribution in [0, 0.1) is 0 Å². The summed E-state index contributed by atoms with van der Waals surface area (Å²) < 4.78 is 0. The molecule has 0 saturated heterocycles. The molecule has 0 N–H and O–H groups in total. The average Bonchev–Trinajstić information content (AvgIpc) is 2.67. The van der Waals surface area contributed by atoms with Crippen molar-refractivity contribution in [2.45, 2.75) is 4.90 Å². The lowest BCUT2D eigenvalue weighted by atomic mass is 10.4. The number of hydrogen-bond acceptors (Lipinski definition) is 1. The molecule has 1 aromatic carbocycles. The first kappa shape index (κ1) is 9.56. The summed E-state index contributed by atoms with van der Waals surface area (Å²) in [5.74, 6) is 0. The van der Waals surface area contributed by atoms with Gasteiger partial charge in [-0.25, -0.2) is 0 Å². The smallest absolute Gasteiger partial charge is 0.155 e. The first-order valence-corrected chi connectivity index (χ1v) is 5.98. The first-order chi connectivity index (χ1) is 6.81. The molecule has 1 nitrogen and oxygen atoms in total. The van der Waals surface area contributed by atoms with E-state index in [-0.39, 0.29) is 0 Å². The van der Waals surface area contributed by atoms with Crippen molar-refractivity contribution in [1.82, 2.24) is 0 Å². The van der Waals surface area contributed by atoms with Gasteiger partial charge < -0.3 is 0 Å². The molecule has 14 heavy (non-hydrogen) atoms. The normalized spacial score (nSPS) is 22.1. The summed E-state index contributed by atoms with van der Waals surface area (Å²) in [6.45, 7) is 0. The van der Waals surface area contributed by atoms with Crippen molar-refractivity contribution >= 4 is 28.8 Å². The number of hydrogen-bond donors (Lipinski definition) is 1. The van der Waals surface area contributed by atoms with E-state index in [1.54, 1.807) is 0 Å². The molecular weight excluding hydrogens is 216 g/mol. The lowest BCUT2D eigenvalue weighted by molar-refractivity contribution is -0.104. The van der Waals surface area contributed by atoms with Gasteiger partial charge in [0.1, 0.15) is 0 Å². The molecule has 0 aromatic heterocycles. The standard InChI is InChI=1S/C11H9ClOS/c12-9-3-5-10(6-4-9)14-7-1-2-11(14)8-13/h1-8,14H. The lowest BCUT2D eigenvalue weighted by Gasteiger charge is -2.13. The van der Waals surface area contributed by atoms with Crippen molar-refractivity contribution < 1.29 is 4.79 Å². The predicted molar refractivity (Wildman–Crippen MR) is 62.0 cm³/mol. The fourth-order valence-electron chi connectivity index (χ4n) is 1.33. The van der Waals surface area contributed by atoms with E-state index >= 15 is 0 Å². The Morgan fingerprint density at radius 2 is 1.93 bits per heavy atom. The molecule has 1 heterocycles. The molecule has 72 valence electrons. The van der Waals surface area contributed by atoms with E-state index in [1.165, 1.54) is 0 Å². The molecule has 0 spiro atoms. The Morgan fingerprint density at radius 3 is 2.57 bits per heavy atom. The number of benzene rings is 1. The minimum atomic E-state index is -0.562. The number of carbonyl (C=O) groups excluding carboxylic acids is 1. The quantitative estimate of drug-likeness (QED) is 0.603. The summed E-state index contributed by atoms with van der Waals surface area (Å²) >= 11 is 5.79. The number of carbonyl (C=O) groups is 1. The molecule has 0 amide bonds. The maximum atomic E-state index is 10.7. The molecule has 1 aliphatic rings. The van der Waals surface area contributed by atoms with Gasteiger partial charge in [0.15, 0.2) is 6.29 Å². The van der Waals surface area contributed by atoms with Crippen LogP contribution in [0.4, 0.5) is 0 Å². The van der Waals surface area contributed by atoms with E-state index in [1.807, 2.05) is 36.4 Å². The van der Waals surface area contributed by atoms with Crippen molar-refractivity contribution in [2.75, 3.05) is 0 Å². The van der Waals surface area contributed by atoms with Crippen molar-refractivity contribution in [3.05, 3.63) is 51.8 Å². The summed E-state index contributed by atoms with van der Waals surface area (Å²) in [5, 5.41) is 2.80. The Balaban J connectivity index is 2.32. The van der Waals surface area contributed by atoms with Gasteiger partial charge in [0, 0.05) is 9.93 Å². The fraction of sp³-hybridized carbons (Fsp3) is 0. The zero-order valence-corrected chi connectivity index (χ0v) is 9.00. The van der Waals surface area contributed by atoms with Gasteiger partial charge in [-0.05, 0) is 40.6 Å². The molecule has 0 aliphatic carbocycles. The van der Waals surface area contributed by atoms with Crippen LogP contribution in [0.1, 0.15) is 0 Å². The zero-order chi connectivity index (χ0) is 9.97. The van der Waals surface area contributed by atoms with Gasteiger partial charge in [-0.1, -0.05) is 17.7 Å². The summed E-state index contributed by atoms with van der Waals surface area (Å²) in [5.41, 5.74) is 0. The molecule has 1 atom stereocenters. The highest BCUT2D eigenvalue weighted by atomic mass is 35.5. The third-order valence-electron chi connectivity index (χ3n) is 2.01.